The van der Waals surface area contributed by atoms with E-state index in [0.717, 1.165) is 34.2 Å². The highest BCUT2D eigenvalue weighted by Crippen LogP contribution is 2.42. The summed E-state index contributed by atoms with van der Waals surface area (Å²) in [5.41, 5.74) is 1.88. The first-order valence-electron chi connectivity index (χ1n) is 9.54. The third-order valence-electron chi connectivity index (χ3n) is 5.37. The van der Waals surface area contributed by atoms with E-state index in [9.17, 15) is 9.90 Å². The summed E-state index contributed by atoms with van der Waals surface area (Å²) < 4.78 is 17.2. The lowest BCUT2D eigenvalue weighted by Gasteiger charge is -2.40. The first-order valence-corrected chi connectivity index (χ1v) is 10.3. The fourth-order valence-corrected chi connectivity index (χ4v) is 4.51. The Labute approximate surface area is 179 Å². The minimum atomic E-state index is -0.797. The van der Waals surface area contributed by atoms with E-state index >= 15 is 0 Å². The van der Waals surface area contributed by atoms with Gasteiger partial charge in [-0.05, 0) is 54.8 Å². The largest absolute Gasteiger partial charge is 0.497 e. The summed E-state index contributed by atoms with van der Waals surface area (Å²) in [4.78, 5) is 14.1. The average molecular weight is 464 g/mol. The number of piperidine rings is 1. The van der Waals surface area contributed by atoms with Crippen molar-refractivity contribution >= 4 is 21.9 Å². The maximum atomic E-state index is 12.0. The van der Waals surface area contributed by atoms with Crippen molar-refractivity contribution in [1.29, 1.82) is 0 Å². The van der Waals surface area contributed by atoms with Crippen LogP contribution in [0.5, 0.6) is 17.2 Å². The zero-order chi connectivity index (χ0) is 21.0. The van der Waals surface area contributed by atoms with Gasteiger partial charge in [0, 0.05) is 4.47 Å². The molecule has 2 aromatic rings. The number of aliphatic carboxylic acids is 1. The molecule has 2 unspecified atom stereocenters. The zero-order valence-electron chi connectivity index (χ0n) is 16.9. The zero-order valence-corrected chi connectivity index (χ0v) is 18.4. The molecular formula is C22H26BrNO5. The predicted molar refractivity (Wildman–Crippen MR) is 114 cm³/mol. The summed E-state index contributed by atoms with van der Waals surface area (Å²) in [6, 6.07) is 10.7. The van der Waals surface area contributed by atoms with E-state index < -0.39 is 12.0 Å². The molecular weight excluding hydrogens is 438 g/mol. The maximum Gasteiger partial charge on any atom is 0.320 e. The lowest BCUT2D eigenvalue weighted by atomic mass is 9.91. The van der Waals surface area contributed by atoms with Crippen molar-refractivity contribution in [2.45, 2.75) is 31.3 Å². The van der Waals surface area contributed by atoms with Crippen LogP contribution in [0.4, 0.5) is 0 Å². The van der Waals surface area contributed by atoms with Crippen LogP contribution < -0.4 is 14.2 Å². The minimum Gasteiger partial charge on any atom is -0.497 e. The molecule has 0 radical (unpaired) electrons. The molecule has 0 bridgehead atoms. The van der Waals surface area contributed by atoms with Gasteiger partial charge in [-0.3, -0.25) is 9.69 Å². The van der Waals surface area contributed by atoms with Gasteiger partial charge in [-0.25, -0.2) is 0 Å². The third-order valence-corrected chi connectivity index (χ3v) is 6.05. The van der Waals surface area contributed by atoms with Crippen molar-refractivity contribution in [1.82, 2.24) is 4.90 Å². The summed E-state index contributed by atoms with van der Waals surface area (Å²) in [5.74, 6) is 1.14. The Hall–Kier alpha value is -2.25. The summed E-state index contributed by atoms with van der Waals surface area (Å²) >= 11 is 3.67. The Balaban J connectivity index is 2.19. The molecule has 1 aliphatic rings. The van der Waals surface area contributed by atoms with Crippen molar-refractivity contribution in [3.8, 4) is 17.2 Å². The molecule has 3 rings (SSSR count). The number of likely N-dealkylation sites (tertiary alicyclic amines) is 1. The topological polar surface area (TPSA) is 68.2 Å². The number of carboxylic acid groups (broad SMARTS) is 1. The number of nitrogens with zero attached hydrogens (tertiary/aromatic N) is 1. The van der Waals surface area contributed by atoms with Crippen LogP contribution in [0.25, 0.3) is 0 Å². The molecule has 29 heavy (non-hydrogen) atoms. The van der Waals surface area contributed by atoms with Crippen LogP contribution in [0.2, 0.25) is 0 Å². The molecule has 2 atom stereocenters. The van der Waals surface area contributed by atoms with Crippen LogP contribution in [0, 0.1) is 0 Å². The Bertz CT molecular complexity index is 872. The SMILES string of the molecule is COc1cccc(C(c2cc(OC)c(OC)cc2Br)N2CCCCC2C(=O)O)c1. The number of carbonyl (C=O) groups is 1. The molecule has 6 nitrogen and oxygen atoms in total. The first-order chi connectivity index (χ1) is 14.0. The van der Waals surface area contributed by atoms with Crippen LogP contribution in [0.3, 0.4) is 0 Å². The molecule has 7 heteroatoms. The molecule has 0 amide bonds. The standard InChI is InChI=1S/C22H26BrNO5/c1-27-15-8-6-7-14(11-15)21(24-10-5-4-9-18(24)22(25)26)16-12-19(28-2)20(29-3)13-17(16)23/h6-8,11-13,18,21H,4-5,9-10H2,1-3H3,(H,25,26). The number of hydrogen-bond acceptors (Lipinski definition) is 5. The summed E-state index contributed by atoms with van der Waals surface area (Å²) in [6.45, 7) is 0.694. The van der Waals surface area contributed by atoms with Gasteiger partial charge in [0.2, 0.25) is 0 Å². The summed E-state index contributed by atoms with van der Waals surface area (Å²) in [7, 11) is 4.81. The van der Waals surface area contributed by atoms with E-state index in [1.54, 1.807) is 21.3 Å². The molecule has 0 aliphatic carbocycles. The fourth-order valence-electron chi connectivity index (χ4n) is 3.97. The van der Waals surface area contributed by atoms with E-state index in [4.69, 9.17) is 14.2 Å². The number of benzene rings is 2. The van der Waals surface area contributed by atoms with Gasteiger partial charge in [0.15, 0.2) is 11.5 Å². The van der Waals surface area contributed by atoms with Crippen molar-refractivity contribution in [3.63, 3.8) is 0 Å². The second-order valence-electron chi connectivity index (χ2n) is 7.00. The number of carboxylic acids is 1. The fraction of sp³-hybridized carbons (Fsp3) is 0.409. The predicted octanol–water partition coefficient (Wildman–Crippen LogP) is 4.50. The van der Waals surface area contributed by atoms with Crippen molar-refractivity contribution in [2.24, 2.45) is 0 Å². The normalized spacial score (nSPS) is 18.1. The van der Waals surface area contributed by atoms with Crippen molar-refractivity contribution in [3.05, 3.63) is 52.0 Å². The van der Waals surface area contributed by atoms with E-state index in [1.165, 1.54) is 0 Å². The summed E-state index contributed by atoms with van der Waals surface area (Å²) in [6.07, 6.45) is 2.49. The van der Waals surface area contributed by atoms with Crippen LogP contribution in [0.15, 0.2) is 40.9 Å². The number of ether oxygens (including phenoxy) is 3. The van der Waals surface area contributed by atoms with Crippen LogP contribution in [0.1, 0.15) is 36.4 Å². The van der Waals surface area contributed by atoms with E-state index in [-0.39, 0.29) is 6.04 Å². The number of halogens is 1. The molecule has 1 N–H and O–H groups in total. The molecule has 2 aromatic carbocycles. The Morgan fingerprint density at radius 2 is 1.83 bits per heavy atom. The van der Waals surface area contributed by atoms with Crippen molar-refractivity contribution < 1.29 is 24.1 Å². The Kier molecular flexibility index (Phi) is 7.03. The van der Waals surface area contributed by atoms with Gasteiger partial charge in [0.25, 0.3) is 0 Å². The number of hydrogen-bond donors (Lipinski definition) is 1. The van der Waals surface area contributed by atoms with E-state index in [2.05, 4.69) is 20.8 Å². The molecule has 1 heterocycles. The Morgan fingerprint density at radius 3 is 2.48 bits per heavy atom. The highest BCUT2D eigenvalue weighted by atomic mass is 79.9. The molecule has 0 aromatic heterocycles. The van der Waals surface area contributed by atoms with Gasteiger partial charge in [-0.2, -0.15) is 0 Å². The highest BCUT2D eigenvalue weighted by Gasteiger charge is 2.36. The Morgan fingerprint density at radius 1 is 1.10 bits per heavy atom. The third kappa shape index (κ3) is 4.51. The second-order valence-corrected chi connectivity index (χ2v) is 7.85. The quantitative estimate of drug-likeness (QED) is 0.651. The molecule has 0 spiro atoms. The van der Waals surface area contributed by atoms with Gasteiger partial charge >= 0.3 is 5.97 Å². The monoisotopic (exact) mass is 463 g/mol. The van der Waals surface area contributed by atoms with E-state index in [1.807, 2.05) is 36.4 Å². The number of methoxy groups -OCH3 is 3. The molecule has 1 aliphatic heterocycles. The number of rotatable bonds is 7. The average Bonchev–Trinajstić information content (AvgIpc) is 2.75. The maximum absolute atomic E-state index is 12.0. The van der Waals surface area contributed by atoms with E-state index in [0.29, 0.717) is 24.5 Å². The van der Waals surface area contributed by atoms with Gasteiger partial charge < -0.3 is 19.3 Å². The first kappa shape index (κ1) is 21.5. The molecule has 0 saturated carbocycles. The van der Waals surface area contributed by atoms with Gasteiger partial charge in [0.1, 0.15) is 11.8 Å². The summed E-state index contributed by atoms with van der Waals surface area (Å²) in [5, 5.41) is 9.88. The lowest BCUT2D eigenvalue weighted by molar-refractivity contribution is -0.145. The smallest absolute Gasteiger partial charge is 0.320 e. The van der Waals surface area contributed by atoms with Gasteiger partial charge in [-0.1, -0.05) is 34.5 Å². The van der Waals surface area contributed by atoms with Crippen LogP contribution >= 0.6 is 15.9 Å². The highest BCUT2D eigenvalue weighted by molar-refractivity contribution is 9.10. The van der Waals surface area contributed by atoms with Crippen LogP contribution in [-0.2, 0) is 4.79 Å². The molecule has 156 valence electrons. The van der Waals surface area contributed by atoms with Crippen LogP contribution in [-0.4, -0.2) is 49.9 Å². The lowest BCUT2D eigenvalue weighted by Crippen LogP contribution is -2.46. The molecule has 1 saturated heterocycles. The molecule has 1 fully saturated rings. The van der Waals surface area contributed by atoms with Gasteiger partial charge in [0.05, 0.1) is 27.4 Å². The minimum absolute atomic E-state index is 0.277. The van der Waals surface area contributed by atoms with Gasteiger partial charge in [-0.15, -0.1) is 0 Å². The second kappa shape index (κ2) is 9.50. The van der Waals surface area contributed by atoms with Crippen molar-refractivity contribution in [2.75, 3.05) is 27.9 Å².